The summed E-state index contributed by atoms with van der Waals surface area (Å²) in [4.78, 5) is 25.5. The molecule has 0 saturated heterocycles. The molecule has 7 heteroatoms. The van der Waals surface area contributed by atoms with Gasteiger partial charge in [-0.1, -0.05) is 11.6 Å². The number of amides is 2. The van der Waals surface area contributed by atoms with Crippen LogP contribution in [0.1, 0.15) is 18.4 Å². The fraction of sp³-hybridized carbons (Fsp3) is 0.300. The molecule has 2 aromatic rings. The minimum Gasteiger partial charge on any atom is -0.497 e. The number of halogens is 1. The fourth-order valence-corrected chi connectivity index (χ4v) is 2.93. The average Bonchev–Trinajstić information content (AvgIpc) is 3.47. The first-order chi connectivity index (χ1) is 12.9. The van der Waals surface area contributed by atoms with Crippen molar-refractivity contribution in [2.45, 2.75) is 19.8 Å². The Balaban J connectivity index is 1.74. The Morgan fingerprint density at radius 3 is 2.19 bits per heavy atom. The van der Waals surface area contributed by atoms with Crippen LogP contribution in [0, 0.1) is 12.3 Å². The summed E-state index contributed by atoms with van der Waals surface area (Å²) >= 11 is 6.10. The predicted molar refractivity (Wildman–Crippen MR) is 105 cm³/mol. The van der Waals surface area contributed by atoms with Crippen LogP contribution in [0.15, 0.2) is 36.4 Å². The van der Waals surface area contributed by atoms with E-state index in [0.29, 0.717) is 40.7 Å². The molecule has 0 aliphatic heterocycles. The third kappa shape index (κ3) is 3.85. The highest BCUT2D eigenvalue weighted by Crippen LogP contribution is 2.48. The van der Waals surface area contributed by atoms with Crippen molar-refractivity contribution in [1.29, 1.82) is 0 Å². The van der Waals surface area contributed by atoms with Crippen LogP contribution in [0.25, 0.3) is 0 Å². The van der Waals surface area contributed by atoms with Crippen molar-refractivity contribution in [2.24, 2.45) is 5.41 Å². The number of benzene rings is 2. The van der Waals surface area contributed by atoms with Crippen molar-refractivity contribution < 1.29 is 19.1 Å². The zero-order valence-electron chi connectivity index (χ0n) is 15.4. The Kier molecular flexibility index (Phi) is 5.28. The summed E-state index contributed by atoms with van der Waals surface area (Å²) in [7, 11) is 3.07. The zero-order valence-corrected chi connectivity index (χ0v) is 16.1. The number of ether oxygens (including phenoxy) is 2. The topological polar surface area (TPSA) is 76.7 Å². The number of carbonyl (C=O) groups excluding carboxylic acids is 2. The largest absolute Gasteiger partial charge is 0.497 e. The zero-order chi connectivity index (χ0) is 19.6. The Morgan fingerprint density at radius 2 is 1.63 bits per heavy atom. The van der Waals surface area contributed by atoms with Crippen molar-refractivity contribution >= 4 is 34.8 Å². The van der Waals surface area contributed by atoms with Gasteiger partial charge in [0.25, 0.3) is 0 Å². The van der Waals surface area contributed by atoms with E-state index in [-0.39, 0.29) is 11.8 Å². The fourth-order valence-electron chi connectivity index (χ4n) is 2.78. The summed E-state index contributed by atoms with van der Waals surface area (Å²) < 4.78 is 10.4. The van der Waals surface area contributed by atoms with Crippen molar-refractivity contribution in [3.8, 4) is 11.5 Å². The Labute approximate surface area is 162 Å². The first-order valence-corrected chi connectivity index (χ1v) is 8.88. The number of anilines is 2. The molecule has 3 rings (SSSR count). The molecule has 2 N–H and O–H groups in total. The number of rotatable bonds is 6. The number of hydrogen-bond donors (Lipinski definition) is 2. The first-order valence-electron chi connectivity index (χ1n) is 8.51. The Morgan fingerprint density at radius 1 is 1.00 bits per heavy atom. The molecular formula is C20H21ClN2O4. The highest BCUT2D eigenvalue weighted by Gasteiger charge is 2.56. The van der Waals surface area contributed by atoms with Gasteiger partial charge in [0.1, 0.15) is 16.9 Å². The lowest BCUT2D eigenvalue weighted by atomic mass is 10.0. The molecule has 0 radical (unpaired) electrons. The van der Waals surface area contributed by atoms with Gasteiger partial charge in [-0.05, 0) is 55.7 Å². The Bertz CT molecular complexity index is 876. The Hall–Kier alpha value is -2.73. The molecule has 0 bridgehead atoms. The van der Waals surface area contributed by atoms with Crippen LogP contribution in [-0.4, -0.2) is 26.0 Å². The van der Waals surface area contributed by atoms with Crippen LogP contribution in [0.3, 0.4) is 0 Å². The van der Waals surface area contributed by atoms with Crippen molar-refractivity contribution in [1.82, 2.24) is 0 Å². The number of aryl methyl sites for hydroxylation is 1. The SMILES string of the molecule is COc1ccc(NC(=O)C2(C(=O)Nc3cc(C)c(Cl)cc3OC)CC2)cc1. The smallest absolute Gasteiger partial charge is 0.240 e. The molecule has 0 spiro atoms. The maximum atomic E-state index is 12.8. The summed E-state index contributed by atoms with van der Waals surface area (Å²) in [5, 5.41) is 6.16. The minimum atomic E-state index is -1.07. The molecule has 0 aromatic heterocycles. The third-order valence-corrected chi connectivity index (χ3v) is 5.10. The monoisotopic (exact) mass is 388 g/mol. The van der Waals surface area contributed by atoms with Crippen LogP contribution < -0.4 is 20.1 Å². The van der Waals surface area contributed by atoms with Crippen LogP contribution in [0.2, 0.25) is 5.02 Å². The van der Waals surface area contributed by atoms with Gasteiger partial charge in [-0.2, -0.15) is 0 Å². The van der Waals surface area contributed by atoms with Gasteiger partial charge in [-0.25, -0.2) is 0 Å². The van der Waals surface area contributed by atoms with E-state index >= 15 is 0 Å². The van der Waals surface area contributed by atoms with Crippen molar-refractivity contribution in [2.75, 3.05) is 24.9 Å². The first kappa shape index (κ1) is 19.0. The second-order valence-electron chi connectivity index (χ2n) is 6.52. The molecule has 0 unspecified atom stereocenters. The van der Waals surface area contributed by atoms with Gasteiger partial charge in [-0.15, -0.1) is 0 Å². The van der Waals surface area contributed by atoms with Gasteiger partial charge >= 0.3 is 0 Å². The predicted octanol–water partition coefficient (Wildman–Crippen LogP) is 4.02. The molecule has 27 heavy (non-hydrogen) atoms. The highest BCUT2D eigenvalue weighted by molar-refractivity contribution is 6.31. The van der Waals surface area contributed by atoms with Crippen LogP contribution in [0.5, 0.6) is 11.5 Å². The lowest BCUT2D eigenvalue weighted by Crippen LogP contribution is -2.35. The molecule has 0 atom stereocenters. The van der Waals surface area contributed by atoms with Crippen molar-refractivity contribution in [3.63, 3.8) is 0 Å². The maximum Gasteiger partial charge on any atom is 0.240 e. The standard InChI is InChI=1S/C20H21ClN2O4/c1-12-10-16(17(27-3)11-15(12)21)23-19(25)20(8-9-20)18(24)22-13-4-6-14(26-2)7-5-13/h4-7,10-11H,8-9H2,1-3H3,(H,22,24)(H,23,25). The lowest BCUT2D eigenvalue weighted by Gasteiger charge is -2.17. The van der Waals surface area contributed by atoms with Crippen LogP contribution >= 0.6 is 11.6 Å². The van der Waals surface area contributed by atoms with Crippen LogP contribution in [-0.2, 0) is 9.59 Å². The van der Waals surface area contributed by atoms with Gasteiger partial charge in [0, 0.05) is 16.8 Å². The number of methoxy groups -OCH3 is 2. The maximum absolute atomic E-state index is 12.8. The average molecular weight is 389 g/mol. The molecule has 1 fully saturated rings. The summed E-state index contributed by atoms with van der Waals surface area (Å²) in [6.45, 7) is 1.83. The second kappa shape index (κ2) is 7.48. The molecule has 0 heterocycles. The lowest BCUT2D eigenvalue weighted by molar-refractivity contribution is -0.131. The van der Waals surface area contributed by atoms with Crippen LogP contribution in [0.4, 0.5) is 11.4 Å². The molecule has 2 aromatic carbocycles. The molecule has 6 nitrogen and oxygen atoms in total. The number of hydrogen-bond acceptors (Lipinski definition) is 4. The molecular weight excluding hydrogens is 368 g/mol. The van der Waals surface area contributed by atoms with Gasteiger partial charge in [0.15, 0.2) is 0 Å². The summed E-state index contributed by atoms with van der Waals surface area (Å²) in [5.74, 6) is 0.464. The number of nitrogens with one attached hydrogen (secondary N) is 2. The van der Waals surface area contributed by atoms with Gasteiger partial charge in [-0.3, -0.25) is 9.59 Å². The van der Waals surface area contributed by atoms with Gasteiger partial charge in [0.05, 0.1) is 19.9 Å². The van der Waals surface area contributed by atoms with E-state index in [1.165, 1.54) is 7.11 Å². The second-order valence-corrected chi connectivity index (χ2v) is 6.93. The van der Waals surface area contributed by atoms with E-state index in [1.54, 1.807) is 43.5 Å². The van der Waals surface area contributed by atoms with E-state index in [1.807, 2.05) is 6.92 Å². The highest BCUT2D eigenvalue weighted by atomic mass is 35.5. The van der Waals surface area contributed by atoms with E-state index in [0.717, 1.165) is 5.56 Å². The molecule has 142 valence electrons. The summed E-state index contributed by atoms with van der Waals surface area (Å²) in [6.07, 6.45) is 0.991. The molecule has 2 amide bonds. The third-order valence-electron chi connectivity index (χ3n) is 4.70. The van der Waals surface area contributed by atoms with E-state index in [2.05, 4.69) is 10.6 Å². The van der Waals surface area contributed by atoms with Crippen molar-refractivity contribution in [3.05, 3.63) is 47.0 Å². The normalized spacial score (nSPS) is 14.2. The minimum absolute atomic E-state index is 0.324. The molecule has 1 saturated carbocycles. The van der Waals surface area contributed by atoms with Gasteiger partial charge < -0.3 is 20.1 Å². The summed E-state index contributed by atoms with van der Waals surface area (Å²) in [6, 6.07) is 10.3. The van der Waals surface area contributed by atoms with E-state index in [4.69, 9.17) is 21.1 Å². The van der Waals surface area contributed by atoms with E-state index in [9.17, 15) is 9.59 Å². The van der Waals surface area contributed by atoms with Gasteiger partial charge in [0.2, 0.25) is 11.8 Å². The van der Waals surface area contributed by atoms with E-state index < -0.39 is 5.41 Å². The number of carbonyl (C=O) groups is 2. The summed E-state index contributed by atoms with van der Waals surface area (Å²) in [5.41, 5.74) is 0.839. The molecule has 1 aliphatic carbocycles. The quantitative estimate of drug-likeness (QED) is 0.732. The molecule has 1 aliphatic rings.